The molecule has 0 spiro atoms. The minimum Gasteiger partial charge on any atom is -0.555 e. The van der Waals surface area contributed by atoms with Crippen LogP contribution < -0.4 is 0 Å². The molecular weight excluding hydrogens is 402 g/mol. The van der Waals surface area contributed by atoms with Crippen LogP contribution in [0.15, 0.2) is 18.2 Å². The molecule has 7 heteroatoms. The number of morpholine rings is 1. The molecule has 0 N–H and O–H groups in total. The van der Waals surface area contributed by atoms with E-state index >= 15 is 0 Å². The van der Waals surface area contributed by atoms with E-state index in [1.165, 1.54) is 0 Å². The van der Waals surface area contributed by atoms with Gasteiger partial charge >= 0.3 is 0 Å². The predicted molar refractivity (Wildman–Crippen MR) is 82.3 cm³/mol. The van der Waals surface area contributed by atoms with Gasteiger partial charge in [-0.25, -0.2) is 7.11 Å². The quantitative estimate of drug-likeness (QED) is 0.703. The second-order valence-corrected chi connectivity index (χ2v) is 5.88. The molecule has 2 rings (SSSR count). The molecule has 1 fully saturated rings. The molecule has 0 bridgehead atoms. The summed E-state index contributed by atoms with van der Waals surface area (Å²) in [5, 5.41) is 0.954. The van der Waals surface area contributed by atoms with Crippen LogP contribution in [0.1, 0.15) is 18.9 Å². The number of amides is 1. The number of carbonyl (C=O) groups excluding carboxylic acids is 1. The maximum Gasteiger partial charge on any atom is 0.219 e. The van der Waals surface area contributed by atoms with Gasteiger partial charge in [-0.3, -0.25) is 4.79 Å². The Labute approximate surface area is 166 Å². The third-order valence-electron chi connectivity index (χ3n) is 3.73. The van der Waals surface area contributed by atoms with Crippen molar-refractivity contribution in [1.29, 1.82) is 0 Å². The standard InChI is InChI=1S/C15H18Cl2NO3.Y/c1-11(19)18-6-8-21-15(10-18,5-7-20-2)12-3-4-13(16)14(17)9-12;/h3-4,9H,2,5-8,10H2,1H3;/q-1;. The SMILES string of the molecule is [CH2-]OCCC1(c2ccc(Cl)c(Cl)c2)CN(C(C)=O)CCO1.[Y]. The maximum absolute atomic E-state index is 11.7. The Balaban J connectivity index is 0.00000242. The molecule has 0 saturated carbocycles. The van der Waals surface area contributed by atoms with E-state index in [-0.39, 0.29) is 38.6 Å². The van der Waals surface area contributed by atoms with E-state index in [9.17, 15) is 4.79 Å². The van der Waals surface area contributed by atoms with E-state index in [4.69, 9.17) is 32.7 Å². The molecule has 1 aliphatic heterocycles. The van der Waals surface area contributed by atoms with Crippen molar-refractivity contribution in [2.75, 3.05) is 26.3 Å². The van der Waals surface area contributed by atoms with Gasteiger partial charge in [0.25, 0.3) is 0 Å². The zero-order chi connectivity index (χ0) is 15.5. The third-order valence-corrected chi connectivity index (χ3v) is 4.47. The van der Waals surface area contributed by atoms with Crippen molar-refractivity contribution in [2.45, 2.75) is 18.9 Å². The van der Waals surface area contributed by atoms with E-state index in [0.29, 0.717) is 42.8 Å². The molecule has 1 saturated heterocycles. The van der Waals surface area contributed by atoms with Crippen LogP contribution in [-0.2, 0) is 52.6 Å². The fraction of sp³-hybridized carbons (Fsp3) is 0.467. The predicted octanol–water partition coefficient (Wildman–Crippen LogP) is 3.26. The Morgan fingerprint density at radius 3 is 2.77 bits per heavy atom. The second-order valence-electron chi connectivity index (χ2n) is 5.07. The first-order chi connectivity index (χ1) is 9.98. The molecule has 0 aliphatic carbocycles. The minimum absolute atomic E-state index is 0. The van der Waals surface area contributed by atoms with Crippen LogP contribution in [0.3, 0.4) is 0 Å². The van der Waals surface area contributed by atoms with Gasteiger partial charge in [-0.1, -0.05) is 29.3 Å². The maximum atomic E-state index is 11.7. The van der Waals surface area contributed by atoms with Gasteiger partial charge < -0.3 is 14.4 Å². The molecular formula is C15H18Cl2NO3Y-. The first-order valence-electron chi connectivity index (χ1n) is 6.70. The zero-order valence-electron chi connectivity index (χ0n) is 12.5. The van der Waals surface area contributed by atoms with Crippen molar-refractivity contribution in [3.8, 4) is 0 Å². The number of carbonyl (C=O) groups is 1. The number of benzene rings is 1. The van der Waals surface area contributed by atoms with Gasteiger partial charge in [0, 0.05) is 59.2 Å². The molecule has 1 aromatic rings. The molecule has 1 aliphatic rings. The van der Waals surface area contributed by atoms with Crippen LogP contribution in [0.2, 0.25) is 10.0 Å². The van der Waals surface area contributed by atoms with Gasteiger partial charge in [0.2, 0.25) is 5.91 Å². The number of halogens is 2. The molecule has 1 amide bonds. The number of ether oxygens (including phenoxy) is 2. The normalized spacial score (nSPS) is 21.4. The van der Waals surface area contributed by atoms with Crippen molar-refractivity contribution < 1.29 is 47.0 Å². The van der Waals surface area contributed by atoms with Crippen molar-refractivity contribution in [3.05, 3.63) is 40.9 Å². The Kier molecular flexibility index (Phi) is 8.28. The van der Waals surface area contributed by atoms with Crippen LogP contribution in [-0.4, -0.2) is 37.1 Å². The number of hydrogen-bond donors (Lipinski definition) is 0. The minimum atomic E-state index is -0.643. The molecule has 1 unspecified atom stereocenters. The van der Waals surface area contributed by atoms with Gasteiger partial charge in [-0.2, -0.15) is 0 Å². The average Bonchev–Trinajstić information content (AvgIpc) is 2.48. The summed E-state index contributed by atoms with van der Waals surface area (Å²) >= 11 is 12.1. The third kappa shape index (κ3) is 4.65. The number of hydrogen-bond acceptors (Lipinski definition) is 3. The number of nitrogens with zero attached hydrogens (tertiary/aromatic N) is 1. The Hall–Kier alpha value is 0.294. The topological polar surface area (TPSA) is 38.8 Å². The molecule has 1 atom stereocenters. The fourth-order valence-corrected chi connectivity index (χ4v) is 2.84. The van der Waals surface area contributed by atoms with E-state index in [1.54, 1.807) is 24.0 Å². The van der Waals surface area contributed by atoms with Crippen LogP contribution in [0.4, 0.5) is 0 Å². The number of rotatable bonds is 4. The summed E-state index contributed by atoms with van der Waals surface area (Å²) < 4.78 is 11.0. The summed E-state index contributed by atoms with van der Waals surface area (Å²) in [4.78, 5) is 13.5. The summed E-state index contributed by atoms with van der Waals surface area (Å²) in [5.41, 5.74) is 0.246. The second kappa shape index (κ2) is 8.96. The van der Waals surface area contributed by atoms with Gasteiger partial charge in [-0.15, -0.1) is 0 Å². The average molecular weight is 420 g/mol. The van der Waals surface area contributed by atoms with E-state index in [1.807, 2.05) is 6.07 Å². The van der Waals surface area contributed by atoms with Crippen LogP contribution in [0, 0.1) is 7.11 Å². The van der Waals surface area contributed by atoms with E-state index < -0.39 is 5.60 Å². The molecule has 0 aromatic heterocycles. The Bertz CT molecular complexity index is 530. The van der Waals surface area contributed by atoms with E-state index in [2.05, 4.69) is 7.11 Å². The van der Waals surface area contributed by atoms with Crippen LogP contribution in [0.25, 0.3) is 0 Å². The van der Waals surface area contributed by atoms with Gasteiger partial charge in [0.05, 0.1) is 23.2 Å². The summed E-state index contributed by atoms with van der Waals surface area (Å²) in [6, 6.07) is 5.40. The van der Waals surface area contributed by atoms with Crippen molar-refractivity contribution in [3.63, 3.8) is 0 Å². The molecule has 1 radical (unpaired) electrons. The summed E-state index contributed by atoms with van der Waals surface area (Å²) in [7, 11) is 3.40. The molecule has 22 heavy (non-hydrogen) atoms. The molecule has 119 valence electrons. The smallest absolute Gasteiger partial charge is 0.219 e. The zero-order valence-corrected chi connectivity index (χ0v) is 16.8. The summed E-state index contributed by atoms with van der Waals surface area (Å²) in [6.07, 6.45) is 0.582. The molecule has 4 nitrogen and oxygen atoms in total. The van der Waals surface area contributed by atoms with Crippen molar-refractivity contribution in [1.82, 2.24) is 4.90 Å². The molecule has 1 heterocycles. The monoisotopic (exact) mass is 419 g/mol. The molecule has 1 aromatic carbocycles. The van der Waals surface area contributed by atoms with Gasteiger partial charge in [0.15, 0.2) is 0 Å². The first kappa shape index (κ1) is 20.3. The summed E-state index contributed by atoms with van der Waals surface area (Å²) in [6.45, 7) is 3.50. The fourth-order valence-electron chi connectivity index (χ4n) is 2.54. The van der Waals surface area contributed by atoms with Gasteiger partial charge in [-0.05, 0) is 17.7 Å². The largest absolute Gasteiger partial charge is 0.555 e. The first-order valence-corrected chi connectivity index (χ1v) is 7.46. The van der Waals surface area contributed by atoms with Crippen LogP contribution in [0.5, 0.6) is 0 Å². The van der Waals surface area contributed by atoms with Crippen molar-refractivity contribution in [2.24, 2.45) is 0 Å². The van der Waals surface area contributed by atoms with Crippen molar-refractivity contribution >= 4 is 29.1 Å². The summed E-state index contributed by atoms with van der Waals surface area (Å²) in [5.74, 6) is 0.0262. The van der Waals surface area contributed by atoms with Gasteiger partial charge in [0.1, 0.15) is 5.60 Å². The van der Waals surface area contributed by atoms with Crippen LogP contribution >= 0.6 is 23.2 Å². The van der Waals surface area contributed by atoms with E-state index in [0.717, 1.165) is 5.56 Å². The Morgan fingerprint density at radius 1 is 1.45 bits per heavy atom. The Morgan fingerprint density at radius 2 is 2.18 bits per heavy atom.